The summed E-state index contributed by atoms with van der Waals surface area (Å²) < 4.78 is 11.6. The van der Waals surface area contributed by atoms with Gasteiger partial charge in [-0.1, -0.05) is 60.2 Å². The molecule has 4 aromatic rings. The predicted octanol–water partition coefficient (Wildman–Crippen LogP) is 4.35. The second-order valence-electron chi connectivity index (χ2n) is 6.39. The van der Waals surface area contributed by atoms with Crippen LogP contribution in [0.3, 0.4) is 0 Å². The molecule has 0 saturated carbocycles. The van der Waals surface area contributed by atoms with Crippen molar-refractivity contribution in [2.24, 2.45) is 0 Å². The Balaban J connectivity index is 1.70. The molecule has 1 heterocycles. The van der Waals surface area contributed by atoms with Gasteiger partial charge in [-0.15, -0.1) is 0 Å². The molecule has 1 aromatic heterocycles. The molecular formula is C23H17O4-. The smallest absolute Gasteiger partial charge is 0.144 e. The van der Waals surface area contributed by atoms with E-state index < -0.39 is 5.97 Å². The summed E-state index contributed by atoms with van der Waals surface area (Å²) in [6, 6.07) is 22.4. The van der Waals surface area contributed by atoms with Gasteiger partial charge in [0.2, 0.25) is 0 Å². The molecule has 0 fully saturated rings. The number of fused-ring (bicyclic) bond motifs is 1. The molecule has 0 saturated heterocycles. The molecule has 0 aliphatic carbocycles. The number of hydrogen-bond donors (Lipinski definition) is 0. The van der Waals surface area contributed by atoms with Gasteiger partial charge < -0.3 is 19.1 Å². The molecule has 0 spiro atoms. The van der Waals surface area contributed by atoms with Crippen LogP contribution in [0, 0.1) is 6.92 Å². The van der Waals surface area contributed by atoms with Gasteiger partial charge >= 0.3 is 0 Å². The largest absolute Gasteiger partial charge is 0.545 e. The fourth-order valence-electron chi connectivity index (χ4n) is 3.01. The van der Waals surface area contributed by atoms with Crippen molar-refractivity contribution in [2.75, 3.05) is 0 Å². The van der Waals surface area contributed by atoms with Crippen LogP contribution in [0.15, 0.2) is 77.2 Å². The molecule has 0 N–H and O–H groups in total. The lowest BCUT2D eigenvalue weighted by Crippen LogP contribution is -2.22. The highest BCUT2D eigenvalue weighted by Crippen LogP contribution is 2.35. The molecule has 134 valence electrons. The zero-order valence-corrected chi connectivity index (χ0v) is 14.8. The zero-order chi connectivity index (χ0) is 18.8. The fraction of sp³-hybridized carbons (Fsp3) is 0.0870. The summed E-state index contributed by atoms with van der Waals surface area (Å²) in [5.74, 6) is -0.407. The normalized spacial score (nSPS) is 10.9. The minimum absolute atomic E-state index is 0.0389. The summed E-state index contributed by atoms with van der Waals surface area (Å²) in [5, 5.41) is 12.2. The van der Waals surface area contributed by atoms with Gasteiger partial charge in [0.25, 0.3) is 0 Å². The van der Waals surface area contributed by atoms with Crippen molar-refractivity contribution in [3.63, 3.8) is 0 Å². The minimum Gasteiger partial charge on any atom is -0.545 e. The van der Waals surface area contributed by atoms with Gasteiger partial charge in [0.05, 0.1) is 11.5 Å². The van der Waals surface area contributed by atoms with E-state index in [1.807, 2.05) is 49.4 Å². The lowest BCUT2D eigenvalue weighted by Gasteiger charge is -2.07. The molecule has 0 amide bonds. The van der Waals surface area contributed by atoms with Crippen molar-refractivity contribution in [1.82, 2.24) is 0 Å². The Labute approximate surface area is 156 Å². The lowest BCUT2D eigenvalue weighted by molar-refractivity contribution is -0.254. The molecule has 0 atom stereocenters. The van der Waals surface area contributed by atoms with Crippen LogP contribution in [0.2, 0.25) is 0 Å². The number of benzene rings is 3. The standard InChI is InChI=1S/C23H18O4/c1-15-7-9-16(10-8-15)14-26-18-11-12-20-19(13-18)21(23(24)25)22(27-20)17-5-3-2-4-6-17/h2-13H,14H2,1H3,(H,24,25)/p-1. The van der Waals surface area contributed by atoms with E-state index in [1.165, 1.54) is 5.56 Å². The summed E-state index contributed by atoms with van der Waals surface area (Å²) >= 11 is 0. The van der Waals surface area contributed by atoms with E-state index in [2.05, 4.69) is 0 Å². The van der Waals surface area contributed by atoms with E-state index >= 15 is 0 Å². The van der Waals surface area contributed by atoms with Crippen LogP contribution in [-0.4, -0.2) is 5.97 Å². The van der Waals surface area contributed by atoms with E-state index in [0.29, 0.717) is 34.6 Å². The maximum absolute atomic E-state index is 11.8. The maximum Gasteiger partial charge on any atom is 0.144 e. The van der Waals surface area contributed by atoms with Crippen LogP contribution in [0.25, 0.3) is 22.3 Å². The average molecular weight is 357 g/mol. The molecule has 0 bridgehead atoms. The van der Waals surface area contributed by atoms with Gasteiger partial charge in [-0.3, -0.25) is 0 Å². The van der Waals surface area contributed by atoms with Crippen LogP contribution in [0.5, 0.6) is 5.75 Å². The van der Waals surface area contributed by atoms with E-state index in [9.17, 15) is 9.90 Å². The van der Waals surface area contributed by atoms with Crippen molar-refractivity contribution < 1.29 is 19.1 Å². The maximum atomic E-state index is 11.8. The molecule has 4 heteroatoms. The molecule has 0 aliphatic heterocycles. The third-order valence-corrected chi connectivity index (χ3v) is 4.43. The minimum atomic E-state index is -1.27. The number of carbonyl (C=O) groups is 1. The topological polar surface area (TPSA) is 62.5 Å². The average Bonchev–Trinajstić information content (AvgIpc) is 3.07. The molecule has 0 radical (unpaired) electrons. The Morgan fingerprint density at radius 1 is 1.00 bits per heavy atom. The predicted molar refractivity (Wildman–Crippen MR) is 101 cm³/mol. The number of carbonyl (C=O) groups excluding carboxylic acids is 1. The van der Waals surface area contributed by atoms with Crippen LogP contribution >= 0.6 is 0 Å². The molecule has 0 aliphatic rings. The van der Waals surface area contributed by atoms with E-state index in [-0.39, 0.29) is 5.56 Å². The molecular weight excluding hydrogens is 340 g/mol. The van der Waals surface area contributed by atoms with Gasteiger partial charge in [-0.25, -0.2) is 0 Å². The van der Waals surface area contributed by atoms with Crippen LogP contribution in [0.1, 0.15) is 21.5 Å². The summed E-state index contributed by atoms with van der Waals surface area (Å²) in [5.41, 5.74) is 3.44. The zero-order valence-electron chi connectivity index (χ0n) is 14.8. The van der Waals surface area contributed by atoms with Crippen LogP contribution in [-0.2, 0) is 6.61 Å². The number of carboxylic acid groups (broad SMARTS) is 1. The summed E-state index contributed by atoms with van der Waals surface area (Å²) in [7, 11) is 0. The third kappa shape index (κ3) is 3.42. The third-order valence-electron chi connectivity index (χ3n) is 4.43. The van der Waals surface area contributed by atoms with Gasteiger partial charge in [0, 0.05) is 10.9 Å². The van der Waals surface area contributed by atoms with E-state index in [0.717, 1.165) is 5.56 Å². The van der Waals surface area contributed by atoms with Crippen LogP contribution in [0.4, 0.5) is 0 Å². The van der Waals surface area contributed by atoms with Crippen LogP contribution < -0.4 is 9.84 Å². The molecule has 4 nitrogen and oxygen atoms in total. The molecule has 0 unspecified atom stereocenters. The Kier molecular flexibility index (Phi) is 4.38. The van der Waals surface area contributed by atoms with Crippen molar-refractivity contribution in [2.45, 2.75) is 13.5 Å². The van der Waals surface area contributed by atoms with E-state index in [1.54, 1.807) is 30.3 Å². The summed E-state index contributed by atoms with van der Waals surface area (Å²) in [6.45, 7) is 2.43. The van der Waals surface area contributed by atoms with Gasteiger partial charge in [-0.2, -0.15) is 0 Å². The van der Waals surface area contributed by atoms with Crippen molar-refractivity contribution in [3.8, 4) is 17.1 Å². The Bertz CT molecular complexity index is 1090. The number of furan rings is 1. The lowest BCUT2D eigenvalue weighted by atomic mass is 10.1. The first-order valence-electron chi connectivity index (χ1n) is 8.63. The Morgan fingerprint density at radius 3 is 2.44 bits per heavy atom. The number of aryl methyl sites for hydroxylation is 1. The van der Waals surface area contributed by atoms with Gasteiger partial charge in [-0.05, 0) is 30.7 Å². The first kappa shape index (κ1) is 16.9. The first-order valence-corrected chi connectivity index (χ1v) is 8.63. The quantitative estimate of drug-likeness (QED) is 0.533. The highest BCUT2D eigenvalue weighted by atomic mass is 16.5. The molecule has 3 aromatic carbocycles. The summed E-state index contributed by atoms with van der Waals surface area (Å²) in [6.07, 6.45) is 0. The van der Waals surface area contributed by atoms with Crippen molar-refractivity contribution >= 4 is 16.9 Å². The summed E-state index contributed by atoms with van der Waals surface area (Å²) in [4.78, 5) is 11.8. The monoisotopic (exact) mass is 357 g/mol. The molecule has 4 rings (SSSR count). The van der Waals surface area contributed by atoms with Gasteiger partial charge in [0.15, 0.2) is 0 Å². The van der Waals surface area contributed by atoms with Crippen molar-refractivity contribution in [1.29, 1.82) is 0 Å². The number of hydrogen-bond acceptors (Lipinski definition) is 4. The second-order valence-corrected chi connectivity index (χ2v) is 6.39. The first-order chi connectivity index (χ1) is 13.1. The number of carboxylic acids is 1. The number of rotatable bonds is 5. The highest BCUT2D eigenvalue weighted by Gasteiger charge is 2.17. The second kappa shape index (κ2) is 7.00. The van der Waals surface area contributed by atoms with E-state index in [4.69, 9.17) is 9.15 Å². The highest BCUT2D eigenvalue weighted by molar-refractivity contribution is 6.07. The SMILES string of the molecule is Cc1ccc(COc2ccc3oc(-c4ccccc4)c(C(=O)[O-])c3c2)cc1. The Morgan fingerprint density at radius 2 is 1.74 bits per heavy atom. The van der Waals surface area contributed by atoms with Crippen molar-refractivity contribution in [3.05, 3.63) is 89.5 Å². The Hall–Kier alpha value is -3.53. The van der Waals surface area contributed by atoms with Gasteiger partial charge in [0.1, 0.15) is 23.7 Å². The molecule has 27 heavy (non-hydrogen) atoms. The number of aromatic carboxylic acids is 1. The number of ether oxygens (including phenoxy) is 1. The fourth-order valence-corrected chi connectivity index (χ4v) is 3.01.